The van der Waals surface area contributed by atoms with Crippen molar-refractivity contribution in [3.05, 3.63) is 96.1 Å². The highest BCUT2D eigenvalue weighted by atomic mass is 16.7. The van der Waals surface area contributed by atoms with Crippen molar-refractivity contribution in [3.63, 3.8) is 0 Å². The molecule has 0 saturated carbocycles. The van der Waals surface area contributed by atoms with Gasteiger partial charge in [0, 0.05) is 12.1 Å². The van der Waals surface area contributed by atoms with E-state index in [-0.39, 0.29) is 0 Å². The van der Waals surface area contributed by atoms with Crippen molar-refractivity contribution in [1.82, 2.24) is 0 Å². The highest BCUT2D eigenvalue weighted by Gasteiger charge is 2.39. The van der Waals surface area contributed by atoms with Crippen molar-refractivity contribution >= 4 is 46.3 Å². The Morgan fingerprint density at radius 3 is 0.938 bits per heavy atom. The third-order valence-corrected chi connectivity index (χ3v) is 3.89. The van der Waals surface area contributed by atoms with E-state index in [0.29, 0.717) is 24.3 Å². The number of nitro groups is 6. The van der Waals surface area contributed by atoms with E-state index in [9.17, 15) is 60.7 Å². The fourth-order valence-electron chi connectivity index (χ4n) is 2.66. The molecule has 2 aromatic rings. The summed E-state index contributed by atoms with van der Waals surface area (Å²) >= 11 is 0. The van der Waals surface area contributed by atoms with E-state index in [4.69, 9.17) is 0 Å². The van der Waals surface area contributed by atoms with Gasteiger partial charge in [-0.1, -0.05) is 0 Å². The number of nitro benzene ring substituents is 6. The van der Waals surface area contributed by atoms with Gasteiger partial charge in [-0.2, -0.15) is 0 Å². The molecule has 32 heavy (non-hydrogen) atoms. The van der Waals surface area contributed by atoms with E-state index in [1.807, 2.05) is 0 Å². The van der Waals surface area contributed by atoms with Crippen LogP contribution in [0.25, 0.3) is 12.2 Å². The van der Waals surface area contributed by atoms with Crippen LogP contribution in [0.5, 0.6) is 0 Å². The van der Waals surface area contributed by atoms with Gasteiger partial charge in [-0.15, -0.1) is 0 Å². The molecular formula is C14H6N6O12. The summed E-state index contributed by atoms with van der Waals surface area (Å²) in [6.45, 7) is 0. The molecule has 0 bridgehead atoms. The van der Waals surface area contributed by atoms with Gasteiger partial charge in [0.25, 0.3) is 0 Å². The highest BCUT2D eigenvalue weighted by Crippen LogP contribution is 2.42. The Labute approximate surface area is 172 Å². The second-order valence-corrected chi connectivity index (χ2v) is 5.62. The van der Waals surface area contributed by atoms with E-state index in [1.165, 1.54) is 0 Å². The predicted molar refractivity (Wildman–Crippen MR) is 102 cm³/mol. The van der Waals surface area contributed by atoms with Crippen LogP contribution in [0.3, 0.4) is 0 Å². The quantitative estimate of drug-likeness (QED) is 0.318. The fourth-order valence-corrected chi connectivity index (χ4v) is 2.66. The summed E-state index contributed by atoms with van der Waals surface area (Å²) in [5.74, 6) is 0. The Bertz CT molecular complexity index is 1160. The minimum Gasteiger partial charge on any atom is -0.258 e. The first-order valence-corrected chi connectivity index (χ1v) is 7.76. The van der Waals surface area contributed by atoms with Crippen LogP contribution in [-0.4, -0.2) is 29.5 Å². The molecule has 2 rings (SSSR count). The number of rotatable bonds is 8. The first-order chi connectivity index (χ1) is 14.9. The maximum absolute atomic E-state index is 11.3. The molecule has 2 aromatic carbocycles. The number of hydrogen-bond acceptors (Lipinski definition) is 12. The van der Waals surface area contributed by atoms with E-state index >= 15 is 0 Å². The Morgan fingerprint density at radius 2 is 0.719 bits per heavy atom. The van der Waals surface area contributed by atoms with Gasteiger partial charge in [0.15, 0.2) is 0 Å². The lowest BCUT2D eigenvalue weighted by Crippen LogP contribution is -2.03. The Morgan fingerprint density at radius 1 is 0.438 bits per heavy atom. The smallest absolute Gasteiger partial charge is 0.258 e. The van der Waals surface area contributed by atoms with Crippen molar-refractivity contribution in [3.8, 4) is 0 Å². The van der Waals surface area contributed by atoms with Crippen LogP contribution in [0.15, 0.2) is 24.3 Å². The number of benzene rings is 2. The molecule has 0 heterocycles. The summed E-state index contributed by atoms with van der Waals surface area (Å²) < 4.78 is 0. The zero-order valence-electron chi connectivity index (χ0n) is 15.0. The molecule has 0 atom stereocenters. The van der Waals surface area contributed by atoms with Crippen molar-refractivity contribution in [1.29, 1.82) is 0 Å². The van der Waals surface area contributed by atoms with Crippen molar-refractivity contribution in [2.45, 2.75) is 0 Å². The molecule has 0 spiro atoms. The van der Waals surface area contributed by atoms with Gasteiger partial charge < -0.3 is 0 Å². The minimum atomic E-state index is -1.45. The summed E-state index contributed by atoms with van der Waals surface area (Å²) in [6.07, 6.45) is 1.43. The molecular weight excluding hydrogens is 444 g/mol. The van der Waals surface area contributed by atoms with Gasteiger partial charge in [0.1, 0.15) is 0 Å². The summed E-state index contributed by atoms with van der Waals surface area (Å²) in [7, 11) is 0. The monoisotopic (exact) mass is 450 g/mol. The molecule has 18 heteroatoms. The van der Waals surface area contributed by atoms with E-state index in [2.05, 4.69) is 0 Å². The molecule has 0 unspecified atom stereocenters. The zero-order valence-corrected chi connectivity index (χ0v) is 15.0. The maximum atomic E-state index is 11.3. The third-order valence-electron chi connectivity index (χ3n) is 3.89. The summed E-state index contributed by atoms with van der Waals surface area (Å²) in [6, 6.07) is 2.70. The van der Waals surface area contributed by atoms with Crippen LogP contribution in [0.1, 0.15) is 11.1 Å². The molecule has 164 valence electrons. The first-order valence-electron chi connectivity index (χ1n) is 7.76. The Hall–Kier alpha value is -5.42. The fraction of sp³-hybridized carbons (Fsp3) is 0. The Balaban J connectivity index is 2.81. The normalized spacial score (nSPS) is 10.6. The van der Waals surface area contributed by atoms with E-state index in [0.717, 1.165) is 12.1 Å². The van der Waals surface area contributed by atoms with Gasteiger partial charge in [-0.25, -0.2) is 0 Å². The van der Waals surface area contributed by atoms with Gasteiger partial charge >= 0.3 is 34.1 Å². The first kappa shape index (κ1) is 22.9. The lowest BCUT2D eigenvalue weighted by molar-refractivity contribution is -0.441. The second kappa shape index (κ2) is 8.52. The molecule has 0 N–H and O–H groups in total. The van der Waals surface area contributed by atoms with Gasteiger partial charge in [-0.05, 0) is 24.3 Å². The largest absolute Gasteiger partial charge is 0.422 e. The predicted octanol–water partition coefficient (Wildman–Crippen LogP) is 3.31. The van der Waals surface area contributed by atoms with Crippen molar-refractivity contribution in [2.24, 2.45) is 0 Å². The molecule has 0 aromatic heterocycles. The Kier molecular flexibility index (Phi) is 6.09. The summed E-state index contributed by atoms with van der Waals surface area (Å²) in [4.78, 5) is 59.3. The molecule has 0 aliphatic rings. The van der Waals surface area contributed by atoms with Gasteiger partial charge in [0.2, 0.25) is 0 Å². The van der Waals surface area contributed by atoms with Crippen LogP contribution in [0.4, 0.5) is 34.1 Å². The molecule has 0 saturated heterocycles. The molecule has 0 radical (unpaired) electrons. The van der Waals surface area contributed by atoms with Crippen LogP contribution in [-0.2, 0) is 0 Å². The van der Waals surface area contributed by atoms with Crippen LogP contribution >= 0.6 is 0 Å². The van der Waals surface area contributed by atoms with Gasteiger partial charge in [0.05, 0.1) is 40.7 Å². The zero-order chi connectivity index (χ0) is 24.3. The third kappa shape index (κ3) is 4.12. The number of nitrogens with zero attached hydrogens (tertiary/aromatic N) is 6. The van der Waals surface area contributed by atoms with Crippen LogP contribution < -0.4 is 0 Å². The molecule has 0 amide bonds. The average Bonchev–Trinajstić information content (AvgIpc) is 2.69. The van der Waals surface area contributed by atoms with Crippen LogP contribution in [0, 0.1) is 60.7 Å². The van der Waals surface area contributed by atoms with E-state index < -0.39 is 74.8 Å². The SMILES string of the molecule is O=[N+]([O-])c1ccc(C=Cc2ccc([N+](=O)[O-])c([N+](=O)[O-])c2[N+](=O)[O-])c([N+](=O)[O-])c1[N+](=O)[O-]. The molecule has 18 nitrogen and oxygen atoms in total. The molecule has 0 aliphatic carbocycles. The summed E-state index contributed by atoms with van der Waals surface area (Å²) in [5, 5.41) is 67.0. The van der Waals surface area contributed by atoms with E-state index in [1.54, 1.807) is 0 Å². The lowest BCUT2D eigenvalue weighted by atomic mass is 10.1. The highest BCUT2D eigenvalue weighted by molar-refractivity contribution is 5.85. The van der Waals surface area contributed by atoms with Crippen molar-refractivity contribution < 1.29 is 29.5 Å². The average molecular weight is 450 g/mol. The minimum absolute atomic E-state index is 0.595. The lowest BCUT2D eigenvalue weighted by Gasteiger charge is -2.02. The standard InChI is InChI=1S/C14H6N6O12/c21-15(22)9-5-3-7(11(17(25)26)13(9)19(29)30)1-2-8-4-6-10(16(23)24)14(20(31)32)12(8)18(27)28/h1-6H. The van der Waals surface area contributed by atoms with Crippen molar-refractivity contribution in [2.75, 3.05) is 0 Å². The molecule has 0 aliphatic heterocycles. The van der Waals surface area contributed by atoms with Crippen LogP contribution in [0.2, 0.25) is 0 Å². The summed E-state index contributed by atoms with van der Waals surface area (Å²) in [5.41, 5.74) is -9.08. The second-order valence-electron chi connectivity index (χ2n) is 5.62. The topological polar surface area (TPSA) is 259 Å². The number of hydrogen-bond donors (Lipinski definition) is 0. The maximum Gasteiger partial charge on any atom is 0.422 e. The molecule has 0 fully saturated rings. The van der Waals surface area contributed by atoms with Gasteiger partial charge in [-0.3, -0.25) is 60.7 Å².